The highest BCUT2D eigenvalue weighted by molar-refractivity contribution is 6.01. The van der Waals surface area contributed by atoms with Crippen molar-refractivity contribution in [2.24, 2.45) is 16.9 Å². The lowest BCUT2D eigenvalue weighted by Gasteiger charge is -2.30. The van der Waals surface area contributed by atoms with Crippen molar-refractivity contribution in [3.8, 4) is 5.69 Å². The van der Waals surface area contributed by atoms with Gasteiger partial charge in [-0.3, -0.25) is 14.4 Å². The summed E-state index contributed by atoms with van der Waals surface area (Å²) >= 11 is 0. The molecule has 2 aliphatic carbocycles. The van der Waals surface area contributed by atoms with Crippen LogP contribution in [0.1, 0.15) is 84.3 Å². The molecule has 1 amide bonds. The molecule has 1 aromatic heterocycles. The predicted octanol–water partition coefficient (Wildman–Crippen LogP) is 3.58. The third-order valence-corrected chi connectivity index (χ3v) is 6.51. The van der Waals surface area contributed by atoms with Gasteiger partial charge in [0.2, 0.25) is 0 Å². The second kappa shape index (κ2) is 10.6. The van der Waals surface area contributed by atoms with Crippen LogP contribution in [0.25, 0.3) is 5.69 Å². The maximum atomic E-state index is 14.3. The number of hydrogen-bond donors (Lipinski definition) is 3. The third-order valence-electron chi connectivity index (χ3n) is 6.51. The number of hydrogen-bond acceptors (Lipinski definition) is 6. The number of primary amides is 1. The summed E-state index contributed by atoms with van der Waals surface area (Å²) in [6, 6.07) is 2.73. The molecular weight excluding hydrogens is 451 g/mol. The Balaban J connectivity index is 0.000000261. The zero-order chi connectivity index (χ0) is 25.9. The van der Waals surface area contributed by atoms with Gasteiger partial charge in [0.05, 0.1) is 17.8 Å². The van der Waals surface area contributed by atoms with E-state index in [4.69, 9.17) is 21.9 Å². The summed E-state index contributed by atoms with van der Waals surface area (Å²) < 4.78 is 21.1. The maximum Gasteiger partial charge on any atom is 0.319 e. The van der Waals surface area contributed by atoms with Gasteiger partial charge in [0.1, 0.15) is 11.9 Å². The zero-order valence-corrected chi connectivity index (χ0v) is 20.7. The number of nitrogens with zero attached hydrogens (tertiary/aromatic N) is 1. The number of ether oxygens (including phenoxy) is 1. The number of benzene rings is 1. The molecule has 9 heteroatoms. The van der Waals surface area contributed by atoms with Crippen molar-refractivity contribution in [1.82, 2.24) is 4.57 Å². The van der Waals surface area contributed by atoms with Crippen LogP contribution in [0.5, 0.6) is 0 Å². The lowest BCUT2D eigenvalue weighted by molar-refractivity contribution is -0.148. The van der Waals surface area contributed by atoms with Gasteiger partial charge in [-0.1, -0.05) is 20.3 Å². The monoisotopic (exact) mass is 486 g/mol. The lowest BCUT2D eigenvalue weighted by atomic mass is 9.75. The smallest absolute Gasteiger partial charge is 0.319 e. The Morgan fingerprint density at radius 3 is 2.40 bits per heavy atom. The number of halogens is 1. The molecule has 0 aliphatic heterocycles. The van der Waals surface area contributed by atoms with Crippen molar-refractivity contribution >= 4 is 23.3 Å². The van der Waals surface area contributed by atoms with Crippen LogP contribution in [0.2, 0.25) is 0 Å². The van der Waals surface area contributed by atoms with Crippen molar-refractivity contribution in [2.45, 2.75) is 71.8 Å². The second-order valence-corrected chi connectivity index (χ2v) is 10.2. The van der Waals surface area contributed by atoms with Gasteiger partial charge in [-0.15, -0.1) is 0 Å². The number of carbonyl (C=O) groups is 3. The van der Waals surface area contributed by atoms with Crippen molar-refractivity contribution in [1.29, 1.82) is 0 Å². The highest BCUT2D eigenvalue weighted by Crippen LogP contribution is 2.38. The molecule has 0 unspecified atom stereocenters. The van der Waals surface area contributed by atoms with Crippen molar-refractivity contribution in [3.05, 3.63) is 46.5 Å². The second-order valence-electron chi connectivity index (χ2n) is 10.2. The molecule has 0 bridgehead atoms. The normalized spacial score (nSPS) is 17.2. The number of fused-ring (bicyclic) bond motifs is 1. The molecule has 1 fully saturated rings. The van der Waals surface area contributed by atoms with E-state index in [0.29, 0.717) is 24.1 Å². The van der Waals surface area contributed by atoms with Crippen LogP contribution in [-0.4, -0.2) is 34.9 Å². The van der Waals surface area contributed by atoms with E-state index in [1.807, 2.05) is 27.0 Å². The van der Waals surface area contributed by atoms with Crippen molar-refractivity contribution in [3.63, 3.8) is 0 Å². The van der Waals surface area contributed by atoms with E-state index in [-0.39, 0.29) is 41.1 Å². The molecule has 0 saturated heterocycles. The van der Waals surface area contributed by atoms with Crippen LogP contribution >= 0.6 is 0 Å². The molecule has 1 heterocycles. The lowest BCUT2D eigenvalue weighted by Crippen LogP contribution is -2.28. The van der Waals surface area contributed by atoms with E-state index in [1.165, 1.54) is 31.4 Å². The van der Waals surface area contributed by atoms with Crippen LogP contribution in [0, 0.1) is 18.2 Å². The van der Waals surface area contributed by atoms with E-state index in [2.05, 4.69) is 0 Å². The fraction of sp³-hybridized carbons (Fsp3) is 0.500. The number of esters is 1. The minimum atomic E-state index is -0.904. The molecule has 35 heavy (non-hydrogen) atoms. The number of amides is 1. The SMILES string of the molecule is Cc1cn(-c2cc(N)c(C(N)=O)c(F)c2)c2c1C(=O)CC(C)(C)C2.NCC(=O)OC1CCCCC1. The van der Waals surface area contributed by atoms with E-state index < -0.39 is 11.7 Å². The largest absolute Gasteiger partial charge is 0.461 e. The zero-order valence-electron chi connectivity index (χ0n) is 20.7. The fourth-order valence-electron chi connectivity index (χ4n) is 4.94. The topological polar surface area (TPSA) is 143 Å². The first-order chi connectivity index (χ1) is 16.4. The van der Waals surface area contributed by atoms with Gasteiger partial charge >= 0.3 is 5.97 Å². The first-order valence-corrected chi connectivity index (χ1v) is 12.0. The number of rotatable bonds is 4. The predicted molar refractivity (Wildman–Crippen MR) is 132 cm³/mol. The Kier molecular flexibility index (Phi) is 8.00. The number of nitrogens with two attached hydrogens (primary N) is 3. The molecule has 2 aromatic rings. The molecule has 2 aliphatic rings. The number of aromatic nitrogens is 1. The average molecular weight is 487 g/mol. The maximum absolute atomic E-state index is 14.3. The molecule has 0 radical (unpaired) electrons. The van der Waals surface area contributed by atoms with Crippen LogP contribution in [-0.2, 0) is 16.0 Å². The number of anilines is 1. The summed E-state index contributed by atoms with van der Waals surface area (Å²) in [6.45, 7) is 5.94. The van der Waals surface area contributed by atoms with Gasteiger partial charge in [-0.05, 0) is 62.1 Å². The fourth-order valence-corrected chi connectivity index (χ4v) is 4.94. The summed E-state index contributed by atoms with van der Waals surface area (Å²) in [5.41, 5.74) is 18.5. The molecule has 0 spiro atoms. The summed E-state index contributed by atoms with van der Waals surface area (Å²) in [7, 11) is 0. The van der Waals surface area contributed by atoms with Crippen LogP contribution in [0.4, 0.5) is 10.1 Å². The van der Waals surface area contributed by atoms with E-state index in [0.717, 1.165) is 24.1 Å². The first-order valence-electron chi connectivity index (χ1n) is 12.0. The Morgan fingerprint density at radius 1 is 1.17 bits per heavy atom. The third kappa shape index (κ3) is 6.08. The van der Waals surface area contributed by atoms with E-state index in [1.54, 1.807) is 4.57 Å². The molecule has 190 valence electrons. The number of carbonyl (C=O) groups excluding carboxylic acids is 3. The molecule has 1 saturated carbocycles. The van der Waals surface area contributed by atoms with Gasteiger partial charge in [-0.25, -0.2) is 4.39 Å². The van der Waals surface area contributed by atoms with Gasteiger partial charge in [0.25, 0.3) is 5.91 Å². The quantitative estimate of drug-likeness (QED) is 0.445. The van der Waals surface area contributed by atoms with Crippen LogP contribution in [0.15, 0.2) is 18.3 Å². The molecule has 0 atom stereocenters. The minimum absolute atomic E-state index is 0.0104. The van der Waals surface area contributed by atoms with Crippen molar-refractivity contribution in [2.75, 3.05) is 12.3 Å². The Bertz CT molecular complexity index is 1110. The van der Waals surface area contributed by atoms with Crippen LogP contribution in [0.3, 0.4) is 0 Å². The number of aryl methyl sites for hydroxylation is 1. The molecule has 1 aromatic carbocycles. The highest BCUT2D eigenvalue weighted by Gasteiger charge is 2.35. The Hall–Kier alpha value is -3.20. The van der Waals surface area contributed by atoms with Gasteiger partial charge in [0.15, 0.2) is 5.78 Å². The molecule has 8 nitrogen and oxygen atoms in total. The number of ketones is 1. The van der Waals surface area contributed by atoms with Crippen LogP contribution < -0.4 is 17.2 Å². The van der Waals surface area contributed by atoms with Gasteiger partial charge < -0.3 is 26.5 Å². The highest BCUT2D eigenvalue weighted by atomic mass is 19.1. The van der Waals surface area contributed by atoms with Gasteiger partial charge in [0, 0.05) is 29.6 Å². The van der Waals surface area contributed by atoms with E-state index in [9.17, 15) is 18.8 Å². The molecule has 4 rings (SSSR count). The average Bonchev–Trinajstić information content (AvgIpc) is 3.09. The Labute approximate surface area is 205 Å². The Morgan fingerprint density at radius 2 is 1.83 bits per heavy atom. The van der Waals surface area contributed by atoms with E-state index >= 15 is 0 Å². The summed E-state index contributed by atoms with van der Waals surface area (Å²) in [4.78, 5) is 34.5. The summed E-state index contributed by atoms with van der Waals surface area (Å²) in [5.74, 6) is -1.84. The van der Waals surface area contributed by atoms with Crippen molar-refractivity contribution < 1.29 is 23.5 Å². The van der Waals surface area contributed by atoms with Gasteiger partial charge in [-0.2, -0.15) is 0 Å². The molecule has 6 N–H and O–H groups in total. The summed E-state index contributed by atoms with van der Waals surface area (Å²) in [6.07, 6.45) is 8.82. The first kappa shape index (κ1) is 26.4. The molecular formula is C26H35FN4O4. The minimum Gasteiger partial charge on any atom is -0.461 e. The number of nitrogen functional groups attached to an aromatic ring is 1. The standard InChI is InChI=1S/C18H20FN3O2.C8H15NO2/c1-9-8-22(13-6-18(2,3)7-14(23)15(9)13)10-4-11(19)16(17(21)24)12(20)5-10;9-6-8(10)11-7-4-2-1-3-5-7/h4-5,8H,6-7,20H2,1-3H3,(H2,21,24);7H,1-6,9H2. The summed E-state index contributed by atoms with van der Waals surface area (Å²) in [5, 5.41) is 0. The number of Topliss-reactive ketones (excluding diaryl/α,β-unsaturated/α-hetero) is 1.